The van der Waals surface area contributed by atoms with Crippen molar-refractivity contribution in [2.45, 2.75) is 13.8 Å². The molecule has 6 nitrogen and oxygen atoms in total. The summed E-state index contributed by atoms with van der Waals surface area (Å²) < 4.78 is 16.5. The molecule has 0 unspecified atom stereocenters. The van der Waals surface area contributed by atoms with Crippen molar-refractivity contribution < 1.29 is 23.8 Å². The number of cyclic esters (lactones) is 1. The number of hydrogen-bond acceptors (Lipinski definition) is 6. The van der Waals surface area contributed by atoms with Gasteiger partial charge in [-0.3, -0.25) is 0 Å². The van der Waals surface area contributed by atoms with Crippen molar-refractivity contribution in [3.63, 3.8) is 0 Å². The van der Waals surface area contributed by atoms with Crippen LogP contribution in [0.3, 0.4) is 0 Å². The molecule has 3 aromatic carbocycles. The molecule has 0 bridgehead atoms. The molecule has 0 radical (unpaired) electrons. The second-order valence-corrected chi connectivity index (χ2v) is 8.12. The number of aliphatic imine (C=N–C) groups is 1. The lowest BCUT2D eigenvalue weighted by molar-refractivity contribution is -0.129. The van der Waals surface area contributed by atoms with Gasteiger partial charge < -0.3 is 14.2 Å². The van der Waals surface area contributed by atoms with E-state index in [0.717, 1.165) is 5.56 Å². The molecule has 1 heterocycles. The summed E-state index contributed by atoms with van der Waals surface area (Å²) in [6.45, 7) is 4.03. The first-order valence-electron chi connectivity index (χ1n) is 10.4. The highest BCUT2D eigenvalue weighted by atomic mass is 35.5. The Hall–Kier alpha value is -3.61. The summed E-state index contributed by atoms with van der Waals surface area (Å²) >= 11 is 12.3. The topological polar surface area (TPSA) is 74.2 Å². The molecule has 0 atom stereocenters. The smallest absolute Gasteiger partial charge is 0.363 e. The van der Waals surface area contributed by atoms with Crippen molar-refractivity contribution >= 4 is 47.1 Å². The lowest BCUT2D eigenvalue weighted by atomic mass is 10.1. The second kappa shape index (κ2) is 10.1. The van der Waals surface area contributed by atoms with E-state index in [-0.39, 0.29) is 27.9 Å². The average Bonchev–Trinajstić information content (AvgIpc) is 3.18. The van der Waals surface area contributed by atoms with Gasteiger partial charge >= 0.3 is 11.9 Å². The van der Waals surface area contributed by atoms with Gasteiger partial charge in [0.2, 0.25) is 5.90 Å². The fraction of sp³-hybridized carbons (Fsp3) is 0.115. The summed E-state index contributed by atoms with van der Waals surface area (Å²) in [5.41, 5.74) is 2.48. The monoisotopic (exact) mass is 495 g/mol. The Morgan fingerprint density at radius 3 is 2.56 bits per heavy atom. The first-order chi connectivity index (χ1) is 16.4. The maximum Gasteiger partial charge on any atom is 0.363 e. The van der Waals surface area contributed by atoms with E-state index in [1.54, 1.807) is 60.7 Å². The number of esters is 2. The molecular weight excluding hydrogens is 477 g/mol. The first-order valence-corrected chi connectivity index (χ1v) is 11.1. The number of rotatable bonds is 6. The van der Waals surface area contributed by atoms with E-state index in [1.807, 2.05) is 19.9 Å². The zero-order chi connectivity index (χ0) is 24.2. The van der Waals surface area contributed by atoms with E-state index in [0.29, 0.717) is 28.5 Å². The van der Waals surface area contributed by atoms with Crippen LogP contribution >= 0.6 is 23.2 Å². The van der Waals surface area contributed by atoms with Crippen LogP contribution in [0.1, 0.15) is 34.0 Å². The minimum Gasteiger partial charge on any atom is -0.490 e. The lowest BCUT2D eigenvalue weighted by Gasteiger charge is -2.12. The Balaban J connectivity index is 1.61. The molecule has 4 rings (SSSR count). The van der Waals surface area contributed by atoms with Crippen molar-refractivity contribution in [3.8, 4) is 11.5 Å². The van der Waals surface area contributed by atoms with Crippen LogP contribution in [0, 0.1) is 6.92 Å². The SMILES string of the molecule is CCOc1cc(/C=C2\N=C(c3ccc(C)c(Cl)c3)OC2=O)ccc1OC(=O)c1ccccc1Cl. The van der Waals surface area contributed by atoms with Gasteiger partial charge in [0.05, 0.1) is 17.2 Å². The van der Waals surface area contributed by atoms with E-state index in [2.05, 4.69) is 4.99 Å². The van der Waals surface area contributed by atoms with Crippen LogP contribution in [0.2, 0.25) is 10.0 Å². The zero-order valence-electron chi connectivity index (χ0n) is 18.3. The van der Waals surface area contributed by atoms with Gasteiger partial charge in [0.15, 0.2) is 17.2 Å². The summed E-state index contributed by atoms with van der Waals surface area (Å²) in [4.78, 5) is 29.2. The molecule has 34 heavy (non-hydrogen) atoms. The molecule has 0 saturated carbocycles. The Bertz CT molecular complexity index is 1350. The van der Waals surface area contributed by atoms with Crippen LogP contribution in [0.25, 0.3) is 6.08 Å². The fourth-order valence-corrected chi connectivity index (χ4v) is 3.56. The number of halogens is 2. The van der Waals surface area contributed by atoms with Crippen molar-refractivity contribution in [2.75, 3.05) is 6.61 Å². The number of carbonyl (C=O) groups is 2. The van der Waals surface area contributed by atoms with Gasteiger partial charge in [-0.05, 0) is 67.4 Å². The summed E-state index contributed by atoms with van der Waals surface area (Å²) in [6.07, 6.45) is 1.56. The predicted octanol–water partition coefficient (Wildman–Crippen LogP) is 6.26. The number of carbonyl (C=O) groups excluding carboxylic acids is 2. The molecule has 0 saturated heterocycles. The highest BCUT2D eigenvalue weighted by molar-refractivity contribution is 6.33. The van der Waals surface area contributed by atoms with Crippen molar-refractivity contribution in [1.82, 2.24) is 0 Å². The van der Waals surface area contributed by atoms with Gasteiger partial charge in [-0.1, -0.05) is 47.5 Å². The van der Waals surface area contributed by atoms with Crippen LogP contribution in [-0.4, -0.2) is 24.4 Å². The third-order valence-corrected chi connectivity index (χ3v) is 5.64. The molecule has 1 aliphatic rings. The standard InChI is InChI=1S/C26H19Cl2NO5/c1-3-32-23-13-16(9-11-22(23)33-25(30)18-6-4-5-7-19(18)27)12-21-26(31)34-24(29-21)17-10-8-15(2)20(28)14-17/h4-14H,3H2,1-2H3/b21-12-. The summed E-state index contributed by atoms with van der Waals surface area (Å²) in [6, 6.07) is 16.8. The summed E-state index contributed by atoms with van der Waals surface area (Å²) in [5.74, 6) is -0.463. The Morgan fingerprint density at radius 2 is 1.82 bits per heavy atom. The third-order valence-electron chi connectivity index (χ3n) is 4.91. The summed E-state index contributed by atoms with van der Waals surface area (Å²) in [5, 5.41) is 0.840. The molecule has 8 heteroatoms. The predicted molar refractivity (Wildman–Crippen MR) is 131 cm³/mol. The van der Waals surface area contributed by atoms with Crippen LogP contribution in [0.5, 0.6) is 11.5 Å². The van der Waals surface area contributed by atoms with Crippen LogP contribution in [0.15, 0.2) is 71.4 Å². The van der Waals surface area contributed by atoms with Crippen molar-refractivity contribution in [3.05, 3.63) is 98.7 Å². The molecule has 0 spiro atoms. The van der Waals surface area contributed by atoms with E-state index < -0.39 is 11.9 Å². The quantitative estimate of drug-likeness (QED) is 0.229. The minimum atomic E-state index is -0.608. The second-order valence-electron chi connectivity index (χ2n) is 7.31. The molecule has 3 aromatic rings. The minimum absolute atomic E-state index is 0.120. The molecule has 0 fully saturated rings. The third kappa shape index (κ3) is 5.14. The number of aryl methyl sites for hydroxylation is 1. The van der Waals surface area contributed by atoms with Crippen LogP contribution in [-0.2, 0) is 9.53 Å². The largest absolute Gasteiger partial charge is 0.490 e. The van der Waals surface area contributed by atoms with Crippen LogP contribution < -0.4 is 9.47 Å². The Morgan fingerprint density at radius 1 is 1.03 bits per heavy atom. The first kappa shape index (κ1) is 23.5. The molecule has 0 N–H and O–H groups in total. The molecule has 0 amide bonds. The highest BCUT2D eigenvalue weighted by Crippen LogP contribution is 2.31. The normalized spacial score (nSPS) is 14.1. The van der Waals surface area contributed by atoms with Gasteiger partial charge in [0.25, 0.3) is 0 Å². The van der Waals surface area contributed by atoms with Crippen molar-refractivity contribution in [2.24, 2.45) is 4.99 Å². The maximum atomic E-state index is 12.6. The van der Waals surface area contributed by atoms with E-state index in [9.17, 15) is 9.59 Å². The van der Waals surface area contributed by atoms with Crippen LogP contribution in [0.4, 0.5) is 0 Å². The highest BCUT2D eigenvalue weighted by Gasteiger charge is 2.25. The van der Waals surface area contributed by atoms with E-state index >= 15 is 0 Å². The number of hydrogen-bond donors (Lipinski definition) is 0. The van der Waals surface area contributed by atoms with Gasteiger partial charge in [0, 0.05) is 10.6 Å². The van der Waals surface area contributed by atoms with E-state index in [1.165, 1.54) is 0 Å². The molecule has 0 aromatic heterocycles. The fourth-order valence-electron chi connectivity index (χ4n) is 3.17. The number of benzene rings is 3. The van der Waals surface area contributed by atoms with Crippen molar-refractivity contribution in [1.29, 1.82) is 0 Å². The lowest BCUT2D eigenvalue weighted by Crippen LogP contribution is -2.10. The van der Waals surface area contributed by atoms with Gasteiger partial charge in [-0.2, -0.15) is 0 Å². The molecular formula is C26H19Cl2NO5. The Kier molecular flexibility index (Phi) is 7.01. The number of ether oxygens (including phenoxy) is 3. The molecule has 172 valence electrons. The number of nitrogens with zero attached hydrogens (tertiary/aromatic N) is 1. The summed E-state index contributed by atoms with van der Waals surface area (Å²) in [7, 11) is 0. The van der Waals surface area contributed by atoms with Gasteiger partial charge in [0.1, 0.15) is 0 Å². The molecule has 0 aliphatic carbocycles. The zero-order valence-corrected chi connectivity index (χ0v) is 19.8. The maximum absolute atomic E-state index is 12.6. The average molecular weight is 496 g/mol. The van der Waals surface area contributed by atoms with E-state index in [4.69, 9.17) is 37.4 Å². The Labute approximate surface area is 206 Å². The van der Waals surface area contributed by atoms with Gasteiger partial charge in [-0.25, -0.2) is 14.6 Å². The van der Waals surface area contributed by atoms with Gasteiger partial charge in [-0.15, -0.1) is 0 Å². The molecule has 1 aliphatic heterocycles.